The van der Waals surface area contributed by atoms with Gasteiger partial charge < -0.3 is 10.2 Å². The number of rotatable bonds is 4. The van der Waals surface area contributed by atoms with Gasteiger partial charge in [0.2, 0.25) is 0 Å². The van der Waals surface area contributed by atoms with Crippen molar-refractivity contribution in [1.82, 2.24) is 5.32 Å². The molecule has 2 rings (SSSR count). The second-order valence-electron chi connectivity index (χ2n) is 4.62. The minimum atomic E-state index is 0.300. The summed E-state index contributed by atoms with van der Waals surface area (Å²) in [7, 11) is 3.97. The summed E-state index contributed by atoms with van der Waals surface area (Å²) in [5.74, 6) is 0. The van der Waals surface area contributed by atoms with E-state index < -0.39 is 0 Å². The van der Waals surface area contributed by atoms with Crippen LogP contribution in [0.15, 0.2) is 48.5 Å². The molecule has 2 nitrogen and oxygen atoms in total. The summed E-state index contributed by atoms with van der Waals surface area (Å²) in [6.07, 6.45) is 0. The zero-order chi connectivity index (χ0) is 13.8. The number of anilines is 2. The maximum atomic E-state index is 6.41. The lowest BCUT2D eigenvalue weighted by molar-refractivity contribution is 0.652. The number of hydrogen-bond acceptors (Lipinski definition) is 2. The molecule has 0 spiro atoms. The monoisotopic (exact) mass is 274 g/mol. The summed E-state index contributed by atoms with van der Waals surface area (Å²) >= 11 is 6.41. The van der Waals surface area contributed by atoms with Crippen LogP contribution < -0.4 is 10.2 Å². The van der Waals surface area contributed by atoms with E-state index in [0.29, 0.717) is 6.04 Å². The molecule has 1 N–H and O–H groups in total. The lowest BCUT2D eigenvalue weighted by Crippen LogP contribution is -2.13. The first-order chi connectivity index (χ1) is 9.13. The Bertz CT molecular complexity index is 540. The lowest BCUT2D eigenvalue weighted by Gasteiger charge is -2.22. The number of benzene rings is 2. The van der Waals surface area contributed by atoms with Crippen LogP contribution in [0.2, 0.25) is 5.02 Å². The molecular formula is C16H19ClN2. The molecule has 0 aromatic heterocycles. The minimum absolute atomic E-state index is 0.300. The van der Waals surface area contributed by atoms with Crippen LogP contribution in [0.3, 0.4) is 0 Å². The molecule has 1 unspecified atom stereocenters. The molecule has 3 heteroatoms. The number of nitrogens with zero attached hydrogens (tertiary/aromatic N) is 1. The summed E-state index contributed by atoms with van der Waals surface area (Å²) in [5.41, 5.74) is 3.33. The average Bonchev–Trinajstić information content (AvgIpc) is 2.46. The van der Waals surface area contributed by atoms with Gasteiger partial charge >= 0.3 is 0 Å². The second-order valence-corrected chi connectivity index (χ2v) is 5.02. The Morgan fingerprint density at radius 1 is 1.11 bits per heavy atom. The van der Waals surface area contributed by atoms with Gasteiger partial charge in [0.05, 0.1) is 10.7 Å². The Morgan fingerprint density at radius 3 is 2.37 bits per heavy atom. The van der Waals surface area contributed by atoms with Crippen molar-refractivity contribution < 1.29 is 0 Å². The Labute approximate surface area is 120 Å². The summed E-state index contributed by atoms with van der Waals surface area (Å²) in [6.45, 7) is 2.12. The normalized spacial score (nSPS) is 12.2. The van der Waals surface area contributed by atoms with Crippen LogP contribution >= 0.6 is 11.6 Å². The van der Waals surface area contributed by atoms with Gasteiger partial charge in [-0.3, -0.25) is 0 Å². The summed E-state index contributed by atoms with van der Waals surface area (Å²) < 4.78 is 0. The van der Waals surface area contributed by atoms with E-state index in [4.69, 9.17) is 11.6 Å². The van der Waals surface area contributed by atoms with Crippen LogP contribution in [0.5, 0.6) is 0 Å². The topological polar surface area (TPSA) is 15.3 Å². The highest BCUT2D eigenvalue weighted by molar-refractivity contribution is 6.33. The van der Waals surface area contributed by atoms with E-state index in [1.54, 1.807) is 0 Å². The molecule has 0 saturated carbocycles. The molecular weight excluding hydrogens is 256 g/mol. The Balaban J connectivity index is 2.31. The molecule has 2 aromatic carbocycles. The van der Waals surface area contributed by atoms with E-state index >= 15 is 0 Å². The minimum Gasteiger partial charge on any atom is -0.343 e. The van der Waals surface area contributed by atoms with Crippen molar-refractivity contribution in [1.29, 1.82) is 0 Å². The van der Waals surface area contributed by atoms with Gasteiger partial charge in [0, 0.05) is 18.8 Å². The van der Waals surface area contributed by atoms with E-state index in [2.05, 4.69) is 41.4 Å². The van der Waals surface area contributed by atoms with Crippen molar-refractivity contribution >= 4 is 23.0 Å². The first kappa shape index (κ1) is 13.9. The van der Waals surface area contributed by atoms with Gasteiger partial charge in [0.1, 0.15) is 0 Å². The van der Waals surface area contributed by atoms with E-state index in [1.165, 1.54) is 5.56 Å². The quantitative estimate of drug-likeness (QED) is 0.890. The SMILES string of the molecule is CNC(C)c1ccc(N(C)c2ccccc2)c(Cl)c1. The smallest absolute Gasteiger partial charge is 0.0646 e. The number of halogens is 1. The maximum Gasteiger partial charge on any atom is 0.0646 e. The first-order valence-electron chi connectivity index (χ1n) is 6.39. The molecule has 0 aliphatic heterocycles. The van der Waals surface area contributed by atoms with Crippen molar-refractivity contribution in [2.75, 3.05) is 19.0 Å². The Morgan fingerprint density at radius 2 is 1.79 bits per heavy atom. The molecule has 0 aliphatic carbocycles. The van der Waals surface area contributed by atoms with Crippen molar-refractivity contribution in [2.24, 2.45) is 0 Å². The van der Waals surface area contributed by atoms with Crippen LogP contribution in [0.1, 0.15) is 18.5 Å². The lowest BCUT2D eigenvalue weighted by atomic mass is 10.1. The largest absolute Gasteiger partial charge is 0.343 e. The second kappa shape index (κ2) is 6.09. The van der Waals surface area contributed by atoms with Gasteiger partial charge in [0.15, 0.2) is 0 Å². The first-order valence-corrected chi connectivity index (χ1v) is 6.76. The molecule has 0 radical (unpaired) electrons. The summed E-state index contributed by atoms with van der Waals surface area (Å²) in [4.78, 5) is 2.09. The van der Waals surface area contributed by atoms with Crippen molar-refractivity contribution in [2.45, 2.75) is 13.0 Å². The van der Waals surface area contributed by atoms with Crippen molar-refractivity contribution in [3.05, 3.63) is 59.1 Å². The van der Waals surface area contributed by atoms with Gasteiger partial charge in [0.25, 0.3) is 0 Å². The third-order valence-electron chi connectivity index (χ3n) is 3.41. The van der Waals surface area contributed by atoms with Crippen LogP contribution in [0.4, 0.5) is 11.4 Å². The molecule has 0 bridgehead atoms. The van der Waals surface area contributed by atoms with Gasteiger partial charge in [-0.05, 0) is 43.8 Å². The van der Waals surface area contributed by atoms with Crippen molar-refractivity contribution in [3.63, 3.8) is 0 Å². The van der Waals surface area contributed by atoms with Gasteiger partial charge in [-0.25, -0.2) is 0 Å². The molecule has 0 heterocycles. The van der Waals surface area contributed by atoms with Crippen LogP contribution in [0.25, 0.3) is 0 Å². The zero-order valence-electron chi connectivity index (χ0n) is 11.5. The molecule has 0 aliphatic rings. The fourth-order valence-electron chi connectivity index (χ4n) is 2.02. The zero-order valence-corrected chi connectivity index (χ0v) is 12.3. The number of para-hydroxylation sites is 1. The molecule has 100 valence electrons. The number of hydrogen-bond donors (Lipinski definition) is 1. The predicted molar refractivity (Wildman–Crippen MR) is 83.4 cm³/mol. The molecule has 1 atom stereocenters. The maximum absolute atomic E-state index is 6.41. The fourth-order valence-corrected chi connectivity index (χ4v) is 2.34. The van der Waals surface area contributed by atoms with E-state index in [-0.39, 0.29) is 0 Å². The van der Waals surface area contributed by atoms with E-state index in [9.17, 15) is 0 Å². The highest BCUT2D eigenvalue weighted by Gasteiger charge is 2.10. The third kappa shape index (κ3) is 3.09. The highest BCUT2D eigenvalue weighted by Crippen LogP contribution is 2.32. The molecule has 2 aromatic rings. The van der Waals surface area contributed by atoms with Crippen LogP contribution in [-0.2, 0) is 0 Å². The third-order valence-corrected chi connectivity index (χ3v) is 3.71. The fraction of sp³-hybridized carbons (Fsp3) is 0.250. The predicted octanol–water partition coefficient (Wildman–Crippen LogP) is 4.39. The summed E-state index contributed by atoms with van der Waals surface area (Å²) in [5, 5.41) is 3.99. The van der Waals surface area contributed by atoms with Gasteiger partial charge in [-0.15, -0.1) is 0 Å². The summed E-state index contributed by atoms with van der Waals surface area (Å²) in [6, 6.07) is 16.7. The number of nitrogens with one attached hydrogen (secondary N) is 1. The van der Waals surface area contributed by atoms with Crippen LogP contribution in [0, 0.1) is 0 Å². The molecule has 0 fully saturated rings. The van der Waals surface area contributed by atoms with E-state index in [0.717, 1.165) is 16.4 Å². The average molecular weight is 275 g/mol. The molecule has 19 heavy (non-hydrogen) atoms. The Hall–Kier alpha value is -1.51. The van der Waals surface area contributed by atoms with Gasteiger partial charge in [-0.1, -0.05) is 35.9 Å². The molecule has 0 saturated heterocycles. The van der Waals surface area contributed by atoms with Crippen LogP contribution in [-0.4, -0.2) is 14.1 Å². The molecule has 0 amide bonds. The van der Waals surface area contributed by atoms with Crippen molar-refractivity contribution in [3.8, 4) is 0 Å². The van der Waals surface area contributed by atoms with E-state index in [1.807, 2.05) is 38.4 Å². The highest BCUT2D eigenvalue weighted by atomic mass is 35.5. The standard InChI is InChI=1S/C16H19ClN2/c1-12(18-2)13-9-10-16(15(17)11-13)19(3)14-7-5-4-6-8-14/h4-12,18H,1-3H3. The van der Waals surface area contributed by atoms with Gasteiger partial charge in [-0.2, -0.15) is 0 Å². The Kier molecular flexibility index (Phi) is 4.46.